The van der Waals surface area contributed by atoms with Crippen LogP contribution in [0.3, 0.4) is 0 Å². The van der Waals surface area contributed by atoms with Gasteiger partial charge in [-0.25, -0.2) is 19.2 Å². The van der Waals surface area contributed by atoms with E-state index in [9.17, 15) is 90.4 Å². The van der Waals surface area contributed by atoms with Crippen molar-refractivity contribution in [3.05, 3.63) is 164 Å². The Kier molecular flexibility index (Phi) is 21.5. The number of carbonyl (C=O) groups excluding carboxylic acids is 9. The molecular formula is C78H90O30. The number of carbonyl (C=O) groups is 9. The van der Waals surface area contributed by atoms with E-state index in [0.29, 0.717) is 23.0 Å². The van der Waals surface area contributed by atoms with Crippen molar-refractivity contribution in [1.29, 1.82) is 0 Å². The third-order valence-electron chi connectivity index (χ3n) is 23.8. The number of hydrogen-bond acceptors (Lipinski definition) is 30. The van der Waals surface area contributed by atoms with E-state index in [0.717, 1.165) is 18.2 Å². The first-order valence-corrected chi connectivity index (χ1v) is 35.3. The van der Waals surface area contributed by atoms with Gasteiger partial charge < -0.3 is 104 Å². The molecule has 5 aliphatic carbocycles. The molecular weight excluding hydrogens is 1420 g/mol. The molecule has 582 valence electrons. The zero-order valence-corrected chi connectivity index (χ0v) is 60.9. The van der Waals surface area contributed by atoms with Crippen LogP contribution in [0.5, 0.6) is 0 Å². The molecule has 8 bridgehead atoms. The van der Waals surface area contributed by atoms with Crippen LogP contribution in [0.25, 0.3) is 0 Å². The van der Waals surface area contributed by atoms with E-state index in [4.69, 9.17) is 37.9 Å². The molecule has 0 unspecified atom stereocenters. The molecule has 0 aromatic heterocycles. The number of rotatable bonds is 10. The SMILES string of the molecule is C/C1=C\C=C\[C@]2(C)C=C(CO[C@H]3O[C@H](CO)[C@H](O)[C@H](O)[C@H]3O)[C@H](C)C[C@]23OC(=O)C(=C(O)/C=C/[C@]2(C)C=C(CO)[C@H](C)C[C@]24OC(=O)C(=C(O)/C(C)=C/C=C/[C@]2(C)C=C(CO[C@H]5O[C@H](CO)[C@H](O)[C@H](O)[C@H]5O)[C@H](C)C[C@@]25OC(=O)C(=C(O)/C=C/[C@]2(C)C=C(C=O)[C@H](C)C[C@]26OC(=O)C(=C1O)C6=O)C5=O)C4=O)C3=O. The summed E-state index contributed by atoms with van der Waals surface area (Å²) in [4.78, 5) is 132. The average molecular weight is 1510 g/mol. The van der Waals surface area contributed by atoms with E-state index < -0.39 is 261 Å². The van der Waals surface area contributed by atoms with Gasteiger partial charge in [-0.15, -0.1) is 0 Å². The highest BCUT2D eigenvalue weighted by Gasteiger charge is 2.69. The molecule has 6 saturated heterocycles. The highest BCUT2D eigenvalue weighted by molar-refractivity contribution is 6.29. The fourth-order valence-electron chi connectivity index (χ4n) is 16.9. The van der Waals surface area contributed by atoms with Crippen LogP contribution in [0.1, 0.15) is 94.9 Å². The Labute approximate surface area is 619 Å². The Morgan fingerprint density at radius 3 is 1.10 bits per heavy atom. The van der Waals surface area contributed by atoms with Crippen LogP contribution in [-0.2, 0) is 81.0 Å². The lowest BCUT2D eigenvalue weighted by Gasteiger charge is -2.46. The predicted molar refractivity (Wildman–Crippen MR) is 370 cm³/mol. The normalized spacial score (nSPS) is 43.3. The molecule has 30 heteroatoms. The van der Waals surface area contributed by atoms with Crippen molar-refractivity contribution < 1.29 is 147 Å². The lowest BCUT2D eigenvalue weighted by atomic mass is 9.60. The van der Waals surface area contributed by atoms with E-state index in [1.54, 1.807) is 27.7 Å². The number of ether oxygens (including phenoxy) is 8. The number of aliphatic hydroxyl groups is 13. The number of aliphatic hydroxyl groups excluding tert-OH is 13. The minimum Gasteiger partial charge on any atom is -0.507 e. The minimum absolute atomic E-state index is 0.0906. The predicted octanol–water partition coefficient (Wildman–Crippen LogP) is 2.54. The van der Waals surface area contributed by atoms with Crippen LogP contribution in [0.15, 0.2) is 164 Å². The molecule has 108 heavy (non-hydrogen) atoms. The van der Waals surface area contributed by atoms with E-state index >= 15 is 19.2 Å². The van der Waals surface area contributed by atoms with E-state index in [2.05, 4.69) is 0 Å². The first-order chi connectivity index (χ1) is 50.6. The topological polar surface area (TPSA) is 490 Å². The number of fused-ring (bicyclic) bond motifs is 4. The number of aldehydes is 1. The second-order valence-corrected chi connectivity index (χ2v) is 30.9. The minimum atomic E-state index is -2.33. The molecule has 0 amide bonds. The van der Waals surface area contributed by atoms with E-state index in [1.807, 2.05) is 0 Å². The number of Topliss-reactive ketones (excluding diaryl/α,β-unsaturated/α-hetero) is 4. The van der Waals surface area contributed by atoms with Gasteiger partial charge in [0.25, 0.3) is 0 Å². The lowest BCUT2D eigenvalue weighted by Crippen LogP contribution is -2.59. The van der Waals surface area contributed by atoms with Crippen LogP contribution in [0, 0.1) is 45.3 Å². The summed E-state index contributed by atoms with van der Waals surface area (Å²) in [5.74, 6) is -16.7. The van der Waals surface area contributed by atoms with Gasteiger partial charge in [-0.05, 0) is 111 Å². The van der Waals surface area contributed by atoms with Gasteiger partial charge in [0, 0.05) is 25.7 Å². The molecule has 0 saturated carbocycles. The van der Waals surface area contributed by atoms with Gasteiger partial charge in [-0.2, -0.15) is 0 Å². The van der Waals surface area contributed by atoms with Crippen molar-refractivity contribution in [3.63, 3.8) is 0 Å². The molecule has 6 fully saturated rings. The van der Waals surface area contributed by atoms with E-state index in [1.165, 1.54) is 108 Å². The Morgan fingerprint density at radius 2 is 0.750 bits per heavy atom. The van der Waals surface area contributed by atoms with Gasteiger partial charge in [0.1, 0.15) is 100 Å². The Balaban J connectivity index is 1.07. The van der Waals surface area contributed by atoms with Crippen LogP contribution < -0.4 is 0 Å². The molecule has 30 nitrogen and oxygen atoms in total. The molecule has 22 atom stereocenters. The van der Waals surface area contributed by atoms with Gasteiger partial charge in [0.2, 0.25) is 23.1 Å². The van der Waals surface area contributed by atoms with Crippen LogP contribution in [0.4, 0.5) is 0 Å². The molecule has 0 aromatic carbocycles. The third kappa shape index (κ3) is 12.6. The monoisotopic (exact) mass is 1510 g/mol. The van der Waals surface area contributed by atoms with Crippen molar-refractivity contribution in [2.24, 2.45) is 45.3 Å². The van der Waals surface area contributed by atoms with Gasteiger partial charge in [0.05, 0.1) is 54.7 Å². The fourth-order valence-corrected chi connectivity index (χ4v) is 16.9. The van der Waals surface area contributed by atoms with Crippen molar-refractivity contribution in [3.8, 4) is 0 Å². The maximum absolute atomic E-state index is 15.5. The molecule has 13 N–H and O–H groups in total. The average Bonchev–Trinajstić information content (AvgIpc) is 1.55. The lowest BCUT2D eigenvalue weighted by molar-refractivity contribution is -0.299. The van der Waals surface area contributed by atoms with E-state index in [-0.39, 0.29) is 36.0 Å². The summed E-state index contributed by atoms with van der Waals surface area (Å²) >= 11 is 0. The molecule has 6 heterocycles. The second-order valence-electron chi connectivity index (χ2n) is 30.9. The van der Waals surface area contributed by atoms with Gasteiger partial charge >= 0.3 is 23.9 Å². The van der Waals surface area contributed by atoms with Crippen LogP contribution in [0.2, 0.25) is 0 Å². The molecule has 0 aromatic rings. The number of allylic oxidation sites excluding steroid dienone is 9. The first kappa shape index (κ1) is 80.3. The Bertz CT molecular complexity index is 4330. The largest absolute Gasteiger partial charge is 0.507 e. The summed E-state index contributed by atoms with van der Waals surface area (Å²) in [7, 11) is 0. The fraction of sp³-hybridized carbons (Fsp3) is 0.526. The molecule has 0 radical (unpaired) electrons. The number of esters is 4. The maximum atomic E-state index is 15.5. The van der Waals surface area contributed by atoms with Crippen molar-refractivity contribution >= 4 is 53.3 Å². The number of ketones is 4. The summed E-state index contributed by atoms with van der Waals surface area (Å²) in [6, 6.07) is 0. The summed E-state index contributed by atoms with van der Waals surface area (Å²) in [6.07, 6.45) is -0.316. The Morgan fingerprint density at radius 1 is 0.435 bits per heavy atom. The van der Waals surface area contributed by atoms with Crippen LogP contribution >= 0.6 is 0 Å². The van der Waals surface area contributed by atoms with Crippen molar-refractivity contribution in [2.75, 3.05) is 33.0 Å². The van der Waals surface area contributed by atoms with Crippen LogP contribution in [-0.4, -0.2) is 237 Å². The van der Waals surface area contributed by atoms with Gasteiger partial charge in [0.15, 0.2) is 35.0 Å². The first-order valence-electron chi connectivity index (χ1n) is 35.3. The summed E-state index contributed by atoms with van der Waals surface area (Å²) < 4.78 is 47.5. The van der Waals surface area contributed by atoms with Gasteiger partial charge in [-0.3, -0.25) is 24.0 Å². The smallest absolute Gasteiger partial charge is 0.346 e. The summed E-state index contributed by atoms with van der Waals surface area (Å²) in [6.45, 7) is 11.7. The van der Waals surface area contributed by atoms with Crippen molar-refractivity contribution in [2.45, 2.75) is 179 Å². The zero-order chi connectivity index (χ0) is 79.4. The highest BCUT2D eigenvalue weighted by atomic mass is 16.7. The second kappa shape index (κ2) is 28.9. The number of hydrogen-bond donors (Lipinski definition) is 13. The standard InChI is InChI=1S/C78H90O30/c1-35-13-11-17-71(7)27-43(33-101-69-59(91)57(89)55(87)47(31-81)103-69)39(5)23-75(71)61(93)49(65(97)105-75)46(84)16-20-74(10)26-42(30-80)38(4)22-78(74)64(96)52(68(100)108-78)54(86)36(2)14-12-18-72(8)28-44(34-102-70-60(92)58(90)56(88)48(32-82)104-70)40(6)24-76(72)62(94)50(66(98)106-76)45(83)15-19-73(9)25-41(29-79)37(3)21-77(73)63(95)51(53(35)85)67(99)107-77/h11-20,25-29,37-40,47-48,55-60,69-70,80-92H,21-24,30-34H2,1-10H3/b17-11+,18-12+,19-15+,20-16+,35-13+,36-14+,49-46?,50-45?,53-51?,54-52?/t37-,38-,39-,40-,47-,48-,55+,56+,57+,58+,59-,60-,69+,70+,71-,72-,73-,74-,75-,76+,77-,78-/m1/s1. The third-order valence-corrected chi connectivity index (χ3v) is 23.8. The molecule has 6 aliphatic heterocycles. The zero-order valence-electron chi connectivity index (χ0n) is 60.9. The van der Waals surface area contributed by atoms with Gasteiger partial charge in [-0.1, -0.05) is 101 Å². The molecule has 4 spiro atoms. The van der Waals surface area contributed by atoms with Crippen molar-refractivity contribution in [1.82, 2.24) is 0 Å². The highest BCUT2D eigenvalue weighted by Crippen LogP contribution is 2.59. The molecule has 11 aliphatic rings. The Hall–Kier alpha value is -8.73. The molecule has 11 rings (SSSR count). The quantitative estimate of drug-likeness (QED) is 0.0491. The maximum Gasteiger partial charge on any atom is 0.346 e. The summed E-state index contributed by atoms with van der Waals surface area (Å²) in [5.41, 5.74) is -19.5. The summed E-state index contributed by atoms with van der Waals surface area (Å²) in [5, 5.41) is 143.